The summed E-state index contributed by atoms with van der Waals surface area (Å²) in [6.45, 7) is 3.26. The Balaban J connectivity index is 1.44. The van der Waals surface area contributed by atoms with Crippen LogP contribution in [0.2, 0.25) is 5.02 Å². The van der Waals surface area contributed by atoms with Gasteiger partial charge in [-0.15, -0.1) is 0 Å². The zero-order valence-electron chi connectivity index (χ0n) is 17.0. The Labute approximate surface area is 185 Å². The van der Waals surface area contributed by atoms with Crippen LogP contribution in [0.3, 0.4) is 0 Å². The number of nitrogens with one attached hydrogen (secondary N) is 1. The summed E-state index contributed by atoms with van der Waals surface area (Å²) in [5.74, 6) is 2.54. The molecule has 0 fully saturated rings. The molecule has 7 heteroatoms. The molecule has 1 heterocycles. The highest BCUT2D eigenvalue weighted by atomic mass is 35.5. The number of carbonyl (C=O) groups is 1. The van der Waals surface area contributed by atoms with Crippen molar-refractivity contribution in [3.8, 4) is 23.0 Å². The monoisotopic (exact) mass is 439 g/mol. The van der Waals surface area contributed by atoms with Crippen LogP contribution in [-0.2, 0) is 13.2 Å². The van der Waals surface area contributed by atoms with Crippen LogP contribution in [0.25, 0.3) is 0 Å². The lowest BCUT2D eigenvalue weighted by Gasteiger charge is -2.14. The molecule has 1 amide bonds. The number of hydrogen-bond acceptors (Lipinski definition) is 5. The van der Waals surface area contributed by atoms with Gasteiger partial charge in [0.05, 0.1) is 6.61 Å². The van der Waals surface area contributed by atoms with Crippen LogP contribution in [0.15, 0.2) is 60.7 Å². The highest BCUT2D eigenvalue weighted by molar-refractivity contribution is 6.30. The Morgan fingerprint density at radius 2 is 1.90 bits per heavy atom. The predicted octanol–water partition coefficient (Wildman–Crippen LogP) is 4.98. The lowest BCUT2D eigenvalue weighted by atomic mass is 10.1. The highest BCUT2D eigenvalue weighted by Gasteiger charge is 2.15. The van der Waals surface area contributed by atoms with Crippen LogP contribution < -0.4 is 24.3 Å². The van der Waals surface area contributed by atoms with E-state index in [1.54, 1.807) is 30.3 Å². The Bertz CT molecular complexity index is 1090. The molecule has 0 bridgehead atoms. The summed E-state index contributed by atoms with van der Waals surface area (Å²) in [4.78, 5) is 12.7. The fraction of sp³-hybridized carbons (Fsp3) is 0.208. The average Bonchev–Trinajstić information content (AvgIpc) is 3.25. The first kappa shape index (κ1) is 20.9. The van der Waals surface area contributed by atoms with E-state index >= 15 is 0 Å². The van der Waals surface area contributed by atoms with Crippen molar-refractivity contribution in [2.24, 2.45) is 0 Å². The fourth-order valence-corrected chi connectivity index (χ4v) is 3.36. The molecule has 0 spiro atoms. The van der Waals surface area contributed by atoms with Gasteiger partial charge in [0.2, 0.25) is 6.79 Å². The second-order valence-corrected chi connectivity index (χ2v) is 7.31. The van der Waals surface area contributed by atoms with Crippen molar-refractivity contribution in [3.63, 3.8) is 0 Å². The Morgan fingerprint density at radius 3 is 2.74 bits per heavy atom. The zero-order valence-corrected chi connectivity index (χ0v) is 17.8. The van der Waals surface area contributed by atoms with Gasteiger partial charge in [-0.2, -0.15) is 0 Å². The molecule has 31 heavy (non-hydrogen) atoms. The van der Waals surface area contributed by atoms with Crippen LogP contribution in [0.1, 0.15) is 28.4 Å². The van der Waals surface area contributed by atoms with Crippen molar-refractivity contribution in [1.29, 1.82) is 0 Å². The summed E-state index contributed by atoms with van der Waals surface area (Å²) < 4.78 is 22.2. The van der Waals surface area contributed by atoms with E-state index in [1.165, 1.54) is 0 Å². The van der Waals surface area contributed by atoms with Crippen molar-refractivity contribution in [2.75, 3.05) is 13.4 Å². The second kappa shape index (κ2) is 9.62. The Kier molecular flexibility index (Phi) is 6.48. The van der Waals surface area contributed by atoms with Crippen LogP contribution in [-0.4, -0.2) is 19.3 Å². The van der Waals surface area contributed by atoms with Crippen molar-refractivity contribution < 1.29 is 23.7 Å². The van der Waals surface area contributed by atoms with Crippen LogP contribution in [0.4, 0.5) is 0 Å². The van der Waals surface area contributed by atoms with Gasteiger partial charge in [-0.25, -0.2) is 0 Å². The number of hydrogen-bond donors (Lipinski definition) is 1. The largest absolute Gasteiger partial charge is 0.493 e. The maximum atomic E-state index is 12.7. The van der Waals surface area contributed by atoms with E-state index in [4.69, 9.17) is 30.5 Å². The highest BCUT2D eigenvalue weighted by Crippen LogP contribution is 2.32. The minimum absolute atomic E-state index is 0.190. The third-order valence-corrected chi connectivity index (χ3v) is 4.94. The lowest BCUT2D eigenvalue weighted by Crippen LogP contribution is -2.23. The summed E-state index contributed by atoms with van der Waals surface area (Å²) in [5.41, 5.74) is 2.22. The fourth-order valence-electron chi connectivity index (χ4n) is 3.18. The van der Waals surface area contributed by atoms with Gasteiger partial charge in [0.25, 0.3) is 5.91 Å². The quantitative estimate of drug-likeness (QED) is 0.536. The van der Waals surface area contributed by atoms with E-state index in [-0.39, 0.29) is 19.3 Å². The van der Waals surface area contributed by atoms with Crippen molar-refractivity contribution in [3.05, 3.63) is 82.4 Å². The zero-order chi connectivity index (χ0) is 21.6. The molecule has 0 radical (unpaired) electrons. The molecule has 0 saturated carbocycles. The van der Waals surface area contributed by atoms with Gasteiger partial charge in [-0.05, 0) is 61.0 Å². The van der Waals surface area contributed by atoms with Crippen molar-refractivity contribution in [1.82, 2.24) is 5.32 Å². The van der Waals surface area contributed by atoms with Gasteiger partial charge >= 0.3 is 0 Å². The number of benzene rings is 3. The molecule has 6 nitrogen and oxygen atoms in total. The SMILES string of the molecule is CCOc1ccc(C(=O)NCc2ccc3c(c2)OCO3)cc1COc1cccc(Cl)c1. The van der Waals surface area contributed by atoms with E-state index in [1.807, 2.05) is 37.3 Å². The summed E-state index contributed by atoms with van der Waals surface area (Å²) in [7, 11) is 0. The maximum Gasteiger partial charge on any atom is 0.251 e. The Hall–Kier alpha value is -3.38. The van der Waals surface area contributed by atoms with Gasteiger partial charge in [0.1, 0.15) is 18.1 Å². The molecule has 1 aliphatic rings. The minimum Gasteiger partial charge on any atom is -0.493 e. The molecule has 0 aliphatic carbocycles. The Morgan fingerprint density at radius 1 is 1.03 bits per heavy atom. The molecule has 3 aromatic rings. The normalized spacial score (nSPS) is 11.8. The van der Waals surface area contributed by atoms with Gasteiger partial charge in [-0.3, -0.25) is 4.79 Å². The summed E-state index contributed by atoms with van der Waals surface area (Å²) in [6.07, 6.45) is 0. The van der Waals surface area contributed by atoms with Gasteiger partial charge in [0.15, 0.2) is 11.5 Å². The molecular formula is C24H22ClNO5. The first-order valence-corrected chi connectivity index (χ1v) is 10.3. The first-order chi connectivity index (χ1) is 15.1. The molecular weight excluding hydrogens is 418 g/mol. The molecule has 0 saturated heterocycles. The smallest absolute Gasteiger partial charge is 0.251 e. The summed E-state index contributed by atoms with van der Waals surface area (Å²) in [6, 6.07) is 18.1. The number of ether oxygens (including phenoxy) is 4. The van der Waals surface area contributed by atoms with E-state index in [2.05, 4.69) is 5.32 Å². The standard InChI is InChI=1S/C24H22ClNO5/c1-2-28-21-9-7-17(11-18(21)14-29-20-5-3-4-19(25)12-20)24(27)26-13-16-6-8-22-23(10-16)31-15-30-22/h3-12H,2,13-15H2,1H3,(H,26,27). The maximum absolute atomic E-state index is 12.7. The van der Waals surface area contributed by atoms with Crippen molar-refractivity contribution in [2.45, 2.75) is 20.1 Å². The summed E-state index contributed by atoms with van der Waals surface area (Å²) >= 11 is 6.02. The molecule has 1 aliphatic heterocycles. The third kappa shape index (κ3) is 5.22. The first-order valence-electron chi connectivity index (χ1n) is 9.93. The molecule has 0 aromatic heterocycles. The summed E-state index contributed by atoms with van der Waals surface area (Å²) in [5, 5.41) is 3.53. The van der Waals surface area contributed by atoms with E-state index < -0.39 is 0 Å². The van der Waals surface area contributed by atoms with Gasteiger partial charge < -0.3 is 24.3 Å². The average molecular weight is 440 g/mol. The van der Waals surface area contributed by atoms with Crippen LogP contribution in [0.5, 0.6) is 23.0 Å². The van der Waals surface area contributed by atoms with Crippen molar-refractivity contribution >= 4 is 17.5 Å². The van der Waals surface area contributed by atoms with E-state index in [9.17, 15) is 4.79 Å². The molecule has 3 aromatic carbocycles. The number of fused-ring (bicyclic) bond motifs is 1. The number of carbonyl (C=O) groups excluding carboxylic acids is 1. The number of halogens is 1. The predicted molar refractivity (Wildman–Crippen MR) is 117 cm³/mol. The molecule has 4 rings (SSSR count). The molecule has 160 valence electrons. The lowest BCUT2D eigenvalue weighted by molar-refractivity contribution is 0.0950. The van der Waals surface area contributed by atoms with Crippen LogP contribution in [0, 0.1) is 0 Å². The van der Waals surface area contributed by atoms with Gasteiger partial charge in [0, 0.05) is 22.7 Å². The van der Waals surface area contributed by atoms with Gasteiger partial charge in [-0.1, -0.05) is 23.7 Å². The topological polar surface area (TPSA) is 66.0 Å². The van der Waals surface area contributed by atoms with E-state index in [0.29, 0.717) is 46.7 Å². The van der Waals surface area contributed by atoms with E-state index in [0.717, 1.165) is 11.1 Å². The number of amides is 1. The van der Waals surface area contributed by atoms with Crippen LogP contribution >= 0.6 is 11.6 Å². The molecule has 1 N–H and O–H groups in total. The third-order valence-electron chi connectivity index (χ3n) is 4.70. The number of rotatable bonds is 8. The minimum atomic E-state index is -0.190. The second-order valence-electron chi connectivity index (χ2n) is 6.87. The molecule has 0 unspecified atom stereocenters. The molecule has 0 atom stereocenters.